The summed E-state index contributed by atoms with van der Waals surface area (Å²) in [7, 11) is 0. The average molecular weight is 444 g/mol. The van der Waals surface area contributed by atoms with Crippen LogP contribution in [0.25, 0.3) is 6.08 Å². The van der Waals surface area contributed by atoms with E-state index < -0.39 is 0 Å². The normalized spacial score (nSPS) is 19.6. The molecule has 2 aromatic rings. The molecular formula is C24H27ClFN3O2. The zero-order valence-corrected chi connectivity index (χ0v) is 18.7. The standard InChI is InChI=1S/C24H27ClFN3O2/c1-16-14-29(17(2)13-28(16)15-19-4-9-22(26)10-5-19)24(31)11-7-20-6-8-21(25)12-23(20)27-18(3)30/h4-12,16-17H,13-15H2,1-3H3,(H,27,30)/b11-7+/t16-,17+/m0/s1. The number of benzene rings is 2. The molecule has 5 nitrogen and oxygen atoms in total. The van der Waals surface area contributed by atoms with Crippen molar-refractivity contribution in [1.82, 2.24) is 9.80 Å². The molecule has 1 heterocycles. The van der Waals surface area contributed by atoms with Crippen molar-refractivity contribution in [2.45, 2.75) is 39.4 Å². The smallest absolute Gasteiger partial charge is 0.246 e. The first-order chi connectivity index (χ1) is 14.7. The molecule has 0 saturated carbocycles. The Hall–Kier alpha value is -2.70. The second-order valence-corrected chi connectivity index (χ2v) is 8.43. The maximum atomic E-state index is 13.2. The van der Waals surface area contributed by atoms with Crippen molar-refractivity contribution in [1.29, 1.82) is 0 Å². The SMILES string of the molecule is CC(=O)Nc1cc(Cl)ccc1/C=C/C(=O)N1C[C@H](C)N(Cc2ccc(F)cc2)C[C@H]1C. The molecule has 1 saturated heterocycles. The van der Waals surface area contributed by atoms with Gasteiger partial charge in [0.25, 0.3) is 0 Å². The van der Waals surface area contributed by atoms with Gasteiger partial charge >= 0.3 is 0 Å². The maximum absolute atomic E-state index is 13.2. The van der Waals surface area contributed by atoms with Gasteiger partial charge in [-0.1, -0.05) is 29.8 Å². The first-order valence-corrected chi connectivity index (χ1v) is 10.6. The van der Waals surface area contributed by atoms with Crippen LogP contribution in [0.2, 0.25) is 5.02 Å². The van der Waals surface area contributed by atoms with E-state index in [2.05, 4.69) is 17.1 Å². The molecule has 0 unspecified atom stereocenters. The molecule has 3 rings (SSSR count). The summed E-state index contributed by atoms with van der Waals surface area (Å²) in [6.07, 6.45) is 3.24. The van der Waals surface area contributed by atoms with Gasteiger partial charge in [-0.2, -0.15) is 0 Å². The third-order valence-electron chi connectivity index (χ3n) is 5.43. The molecule has 0 aliphatic carbocycles. The predicted octanol–water partition coefficient (Wildman–Crippen LogP) is 4.57. The highest BCUT2D eigenvalue weighted by atomic mass is 35.5. The highest BCUT2D eigenvalue weighted by Gasteiger charge is 2.31. The zero-order valence-electron chi connectivity index (χ0n) is 17.9. The molecule has 31 heavy (non-hydrogen) atoms. The molecule has 1 N–H and O–H groups in total. The molecule has 7 heteroatoms. The minimum Gasteiger partial charge on any atom is -0.334 e. The Morgan fingerprint density at radius 2 is 1.84 bits per heavy atom. The monoisotopic (exact) mass is 443 g/mol. The van der Waals surface area contributed by atoms with Crippen molar-refractivity contribution in [3.63, 3.8) is 0 Å². The van der Waals surface area contributed by atoms with Crippen LogP contribution in [0.5, 0.6) is 0 Å². The summed E-state index contributed by atoms with van der Waals surface area (Å²) in [5, 5.41) is 3.24. The van der Waals surface area contributed by atoms with E-state index in [0.717, 1.165) is 12.1 Å². The number of amides is 2. The van der Waals surface area contributed by atoms with Crippen molar-refractivity contribution in [3.05, 3.63) is 70.5 Å². The van der Waals surface area contributed by atoms with Crippen LogP contribution < -0.4 is 5.32 Å². The second kappa shape index (κ2) is 10.1. The summed E-state index contributed by atoms with van der Waals surface area (Å²) >= 11 is 6.03. The van der Waals surface area contributed by atoms with Gasteiger partial charge in [0, 0.05) is 55.4 Å². The van der Waals surface area contributed by atoms with Gasteiger partial charge in [0.15, 0.2) is 0 Å². The van der Waals surface area contributed by atoms with Crippen LogP contribution >= 0.6 is 11.6 Å². The molecule has 2 atom stereocenters. The van der Waals surface area contributed by atoms with E-state index in [-0.39, 0.29) is 29.7 Å². The van der Waals surface area contributed by atoms with Gasteiger partial charge in [0.1, 0.15) is 5.82 Å². The first kappa shape index (κ1) is 23.0. The summed E-state index contributed by atoms with van der Waals surface area (Å²) in [5.41, 5.74) is 2.33. The number of anilines is 1. The van der Waals surface area contributed by atoms with Gasteiger partial charge < -0.3 is 10.2 Å². The van der Waals surface area contributed by atoms with Gasteiger partial charge in [-0.05, 0) is 55.3 Å². The van der Waals surface area contributed by atoms with Crippen LogP contribution in [0.3, 0.4) is 0 Å². The molecule has 1 fully saturated rings. The molecule has 2 aromatic carbocycles. The second-order valence-electron chi connectivity index (χ2n) is 7.99. The number of nitrogens with zero attached hydrogens (tertiary/aromatic N) is 2. The molecular weight excluding hydrogens is 417 g/mol. The van der Waals surface area contributed by atoms with E-state index in [4.69, 9.17) is 11.6 Å². The molecule has 1 aliphatic heterocycles. The van der Waals surface area contributed by atoms with Gasteiger partial charge in [-0.25, -0.2) is 4.39 Å². The minimum absolute atomic E-state index is 0.0360. The maximum Gasteiger partial charge on any atom is 0.246 e. The predicted molar refractivity (Wildman–Crippen MR) is 122 cm³/mol. The lowest BCUT2D eigenvalue weighted by molar-refractivity contribution is -0.131. The van der Waals surface area contributed by atoms with Crippen molar-refractivity contribution in [2.24, 2.45) is 0 Å². The summed E-state index contributed by atoms with van der Waals surface area (Å²) in [6.45, 7) is 7.59. The summed E-state index contributed by atoms with van der Waals surface area (Å²) < 4.78 is 13.2. The fraction of sp³-hybridized carbons (Fsp3) is 0.333. The Morgan fingerprint density at radius 3 is 2.52 bits per heavy atom. The lowest BCUT2D eigenvalue weighted by atomic mass is 10.1. The molecule has 1 aliphatic rings. The Bertz CT molecular complexity index is 977. The van der Waals surface area contributed by atoms with Gasteiger partial charge in [-0.3, -0.25) is 14.5 Å². The number of piperazine rings is 1. The Kier molecular flexibility index (Phi) is 7.46. The third-order valence-corrected chi connectivity index (χ3v) is 5.66. The van der Waals surface area contributed by atoms with E-state index in [1.54, 1.807) is 36.4 Å². The number of rotatable bonds is 5. The Morgan fingerprint density at radius 1 is 1.13 bits per heavy atom. The molecule has 2 amide bonds. The van der Waals surface area contributed by atoms with E-state index >= 15 is 0 Å². The van der Waals surface area contributed by atoms with Gasteiger partial charge in [0.2, 0.25) is 11.8 Å². The van der Waals surface area contributed by atoms with Crippen molar-refractivity contribution >= 4 is 35.2 Å². The topological polar surface area (TPSA) is 52.7 Å². The highest BCUT2D eigenvalue weighted by molar-refractivity contribution is 6.31. The number of nitrogens with one attached hydrogen (secondary N) is 1. The molecule has 164 valence electrons. The molecule has 0 spiro atoms. The number of carbonyl (C=O) groups is 2. The quantitative estimate of drug-likeness (QED) is 0.688. The highest BCUT2D eigenvalue weighted by Crippen LogP contribution is 2.23. The summed E-state index contributed by atoms with van der Waals surface area (Å²) in [4.78, 5) is 28.5. The largest absolute Gasteiger partial charge is 0.334 e. The summed E-state index contributed by atoms with van der Waals surface area (Å²) in [6, 6.07) is 11.9. The summed E-state index contributed by atoms with van der Waals surface area (Å²) in [5.74, 6) is -0.526. The van der Waals surface area contributed by atoms with Crippen molar-refractivity contribution in [2.75, 3.05) is 18.4 Å². The van der Waals surface area contributed by atoms with E-state index in [0.29, 0.717) is 29.4 Å². The van der Waals surface area contributed by atoms with Crippen molar-refractivity contribution in [3.8, 4) is 0 Å². The fourth-order valence-corrected chi connectivity index (χ4v) is 3.95. The van der Waals surface area contributed by atoms with Crippen LogP contribution in [-0.2, 0) is 16.1 Å². The lowest BCUT2D eigenvalue weighted by Crippen LogP contribution is -2.57. The number of hydrogen-bond acceptors (Lipinski definition) is 3. The van der Waals surface area contributed by atoms with E-state index in [9.17, 15) is 14.0 Å². The first-order valence-electron chi connectivity index (χ1n) is 10.3. The van der Waals surface area contributed by atoms with E-state index in [1.807, 2.05) is 11.8 Å². The minimum atomic E-state index is -0.241. The van der Waals surface area contributed by atoms with Crippen LogP contribution in [-0.4, -0.2) is 46.8 Å². The van der Waals surface area contributed by atoms with E-state index in [1.165, 1.54) is 25.1 Å². The Labute approximate surface area is 187 Å². The van der Waals surface area contributed by atoms with Crippen LogP contribution in [0.15, 0.2) is 48.5 Å². The zero-order chi connectivity index (χ0) is 22.5. The lowest BCUT2D eigenvalue weighted by Gasteiger charge is -2.44. The molecule has 0 bridgehead atoms. The van der Waals surface area contributed by atoms with Gasteiger partial charge in [-0.15, -0.1) is 0 Å². The van der Waals surface area contributed by atoms with Crippen LogP contribution in [0, 0.1) is 5.82 Å². The fourth-order valence-electron chi connectivity index (χ4n) is 3.78. The number of hydrogen-bond donors (Lipinski definition) is 1. The van der Waals surface area contributed by atoms with Crippen LogP contribution in [0.4, 0.5) is 10.1 Å². The average Bonchev–Trinajstić information content (AvgIpc) is 2.71. The molecule has 0 aromatic heterocycles. The van der Waals surface area contributed by atoms with Gasteiger partial charge in [0.05, 0.1) is 0 Å². The number of halogens is 2. The Balaban J connectivity index is 1.66. The number of carbonyl (C=O) groups excluding carboxylic acids is 2. The molecule has 0 radical (unpaired) electrons. The third kappa shape index (κ3) is 6.15. The van der Waals surface area contributed by atoms with Crippen LogP contribution in [0.1, 0.15) is 31.9 Å². The van der Waals surface area contributed by atoms with Crippen molar-refractivity contribution < 1.29 is 14.0 Å².